The summed E-state index contributed by atoms with van der Waals surface area (Å²) in [5, 5.41) is 0. The summed E-state index contributed by atoms with van der Waals surface area (Å²) in [6.07, 6.45) is 3.01. The number of morpholine rings is 1. The Kier molecular flexibility index (Phi) is 4.46. The van der Waals surface area contributed by atoms with Gasteiger partial charge in [-0.2, -0.15) is 0 Å². The van der Waals surface area contributed by atoms with Crippen molar-refractivity contribution in [2.45, 2.75) is 12.5 Å². The van der Waals surface area contributed by atoms with Crippen LogP contribution in [0.3, 0.4) is 0 Å². The molecule has 1 aromatic rings. The Bertz CT molecular complexity index is 449. The lowest BCUT2D eigenvalue weighted by molar-refractivity contribution is -0.145. The van der Waals surface area contributed by atoms with E-state index in [1.54, 1.807) is 23.2 Å². The average molecular weight is 264 g/mol. The molecule has 19 heavy (non-hydrogen) atoms. The Labute approximate surface area is 111 Å². The van der Waals surface area contributed by atoms with Gasteiger partial charge in [0.2, 0.25) is 0 Å². The van der Waals surface area contributed by atoms with Crippen molar-refractivity contribution in [3.8, 4) is 0 Å². The topological polar surface area (TPSA) is 68.7 Å². The van der Waals surface area contributed by atoms with Crippen molar-refractivity contribution in [2.24, 2.45) is 0 Å². The van der Waals surface area contributed by atoms with Crippen LogP contribution in [0.2, 0.25) is 0 Å². The highest BCUT2D eigenvalue weighted by molar-refractivity contribution is 5.94. The Morgan fingerprint density at radius 1 is 1.58 bits per heavy atom. The van der Waals surface area contributed by atoms with Gasteiger partial charge < -0.3 is 14.4 Å². The number of carbonyl (C=O) groups is 2. The molecule has 1 aromatic heterocycles. The maximum atomic E-state index is 12.2. The van der Waals surface area contributed by atoms with Crippen molar-refractivity contribution in [1.29, 1.82) is 0 Å². The number of ether oxygens (including phenoxy) is 2. The maximum absolute atomic E-state index is 12.2. The zero-order chi connectivity index (χ0) is 13.7. The quantitative estimate of drug-likeness (QED) is 0.743. The largest absolute Gasteiger partial charge is 0.469 e. The van der Waals surface area contributed by atoms with Gasteiger partial charge in [0.05, 0.1) is 31.8 Å². The van der Waals surface area contributed by atoms with Crippen molar-refractivity contribution in [3.05, 3.63) is 30.1 Å². The monoisotopic (exact) mass is 264 g/mol. The molecule has 1 unspecified atom stereocenters. The first-order chi connectivity index (χ1) is 9.20. The van der Waals surface area contributed by atoms with Crippen LogP contribution in [0, 0.1) is 0 Å². The molecule has 0 N–H and O–H groups in total. The third-order valence-electron chi connectivity index (χ3n) is 2.96. The first-order valence-corrected chi connectivity index (χ1v) is 6.08. The van der Waals surface area contributed by atoms with E-state index in [4.69, 9.17) is 4.74 Å². The highest BCUT2D eigenvalue weighted by Gasteiger charge is 2.26. The Morgan fingerprint density at radius 3 is 3.11 bits per heavy atom. The number of rotatable bonds is 3. The third-order valence-corrected chi connectivity index (χ3v) is 2.96. The fraction of sp³-hybridized carbons (Fsp3) is 0.462. The molecule has 1 aliphatic heterocycles. The number of hydrogen-bond acceptors (Lipinski definition) is 5. The van der Waals surface area contributed by atoms with Crippen LogP contribution in [-0.4, -0.2) is 54.7 Å². The van der Waals surface area contributed by atoms with Gasteiger partial charge in [0.1, 0.15) is 0 Å². The first-order valence-electron chi connectivity index (χ1n) is 6.08. The van der Waals surface area contributed by atoms with E-state index >= 15 is 0 Å². The molecule has 6 heteroatoms. The lowest BCUT2D eigenvalue weighted by Gasteiger charge is -2.32. The number of aromatic nitrogens is 1. The van der Waals surface area contributed by atoms with E-state index in [-0.39, 0.29) is 24.4 Å². The molecule has 102 valence electrons. The van der Waals surface area contributed by atoms with E-state index in [1.807, 2.05) is 0 Å². The van der Waals surface area contributed by atoms with Crippen LogP contribution in [0.15, 0.2) is 24.5 Å². The van der Waals surface area contributed by atoms with Gasteiger partial charge in [-0.05, 0) is 12.1 Å². The van der Waals surface area contributed by atoms with Gasteiger partial charge in [0.15, 0.2) is 0 Å². The SMILES string of the molecule is COC(=O)CC1CN(C(=O)c2cccnc2)CCO1. The van der Waals surface area contributed by atoms with Crippen LogP contribution in [0.4, 0.5) is 0 Å². The number of nitrogens with zero attached hydrogens (tertiary/aromatic N) is 2. The molecule has 2 heterocycles. The normalized spacial score (nSPS) is 19.0. The Morgan fingerprint density at radius 2 is 2.42 bits per heavy atom. The molecule has 0 bridgehead atoms. The molecule has 0 aromatic carbocycles. The lowest BCUT2D eigenvalue weighted by atomic mass is 10.1. The molecular formula is C13H16N2O4. The second kappa shape index (κ2) is 6.29. The highest BCUT2D eigenvalue weighted by atomic mass is 16.5. The van der Waals surface area contributed by atoms with Crippen molar-refractivity contribution in [3.63, 3.8) is 0 Å². The van der Waals surface area contributed by atoms with Crippen molar-refractivity contribution in [2.75, 3.05) is 26.8 Å². The molecule has 0 radical (unpaired) electrons. The van der Waals surface area contributed by atoms with Crippen LogP contribution >= 0.6 is 0 Å². The van der Waals surface area contributed by atoms with Gasteiger partial charge in [-0.3, -0.25) is 14.6 Å². The summed E-state index contributed by atoms with van der Waals surface area (Å²) in [6, 6.07) is 3.44. The molecule has 0 saturated carbocycles. The third kappa shape index (κ3) is 3.51. The molecule has 0 spiro atoms. The molecule has 2 rings (SSSR count). The summed E-state index contributed by atoms with van der Waals surface area (Å²) in [5.74, 6) is -0.424. The van der Waals surface area contributed by atoms with Crippen molar-refractivity contribution in [1.82, 2.24) is 9.88 Å². The zero-order valence-corrected chi connectivity index (χ0v) is 10.7. The predicted octanol–water partition coefficient (Wildman–Crippen LogP) is 0.486. The molecule has 0 aliphatic carbocycles. The van der Waals surface area contributed by atoms with E-state index in [2.05, 4.69) is 9.72 Å². The standard InChI is InChI=1S/C13H16N2O4/c1-18-12(16)7-11-9-15(5-6-19-11)13(17)10-3-2-4-14-8-10/h2-4,8,11H,5-7,9H2,1H3. The van der Waals surface area contributed by atoms with Crippen LogP contribution in [-0.2, 0) is 14.3 Å². The summed E-state index contributed by atoms with van der Waals surface area (Å²) in [6.45, 7) is 1.34. The number of amides is 1. The molecule has 1 aliphatic rings. The fourth-order valence-electron chi connectivity index (χ4n) is 1.97. The van der Waals surface area contributed by atoms with Crippen LogP contribution in [0.5, 0.6) is 0 Å². The van der Waals surface area contributed by atoms with Crippen LogP contribution in [0.25, 0.3) is 0 Å². The molecular weight excluding hydrogens is 248 g/mol. The van der Waals surface area contributed by atoms with Crippen molar-refractivity contribution >= 4 is 11.9 Å². The van der Waals surface area contributed by atoms with Gasteiger partial charge in [-0.1, -0.05) is 0 Å². The minimum absolute atomic E-state index is 0.0914. The van der Waals surface area contributed by atoms with Crippen molar-refractivity contribution < 1.29 is 19.1 Å². The van der Waals surface area contributed by atoms with E-state index in [0.29, 0.717) is 25.3 Å². The van der Waals surface area contributed by atoms with Gasteiger partial charge >= 0.3 is 5.97 Å². The van der Waals surface area contributed by atoms with Crippen LogP contribution < -0.4 is 0 Å². The molecule has 6 nitrogen and oxygen atoms in total. The number of pyridine rings is 1. The van der Waals surface area contributed by atoms with E-state index in [0.717, 1.165) is 0 Å². The van der Waals surface area contributed by atoms with Crippen LogP contribution in [0.1, 0.15) is 16.8 Å². The summed E-state index contributed by atoms with van der Waals surface area (Å²) in [4.78, 5) is 29.0. The first kappa shape index (κ1) is 13.5. The number of carbonyl (C=O) groups excluding carboxylic acids is 2. The second-order valence-corrected chi connectivity index (χ2v) is 4.27. The number of esters is 1. The average Bonchev–Trinajstić information content (AvgIpc) is 2.47. The van der Waals surface area contributed by atoms with Gasteiger partial charge in [-0.25, -0.2) is 0 Å². The summed E-state index contributed by atoms with van der Waals surface area (Å²) in [7, 11) is 1.34. The Hall–Kier alpha value is -1.95. The minimum atomic E-state index is -0.333. The lowest BCUT2D eigenvalue weighted by Crippen LogP contribution is -2.46. The van der Waals surface area contributed by atoms with E-state index in [1.165, 1.54) is 13.3 Å². The maximum Gasteiger partial charge on any atom is 0.308 e. The van der Waals surface area contributed by atoms with Gasteiger partial charge in [0.25, 0.3) is 5.91 Å². The minimum Gasteiger partial charge on any atom is -0.469 e. The molecule has 1 atom stereocenters. The summed E-state index contributed by atoms with van der Waals surface area (Å²) >= 11 is 0. The van der Waals surface area contributed by atoms with Gasteiger partial charge in [-0.15, -0.1) is 0 Å². The molecule has 1 saturated heterocycles. The number of hydrogen-bond donors (Lipinski definition) is 0. The fourth-order valence-corrected chi connectivity index (χ4v) is 1.97. The smallest absolute Gasteiger partial charge is 0.308 e. The zero-order valence-electron chi connectivity index (χ0n) is 10.7. The summed E-state index contributed by atoms with van der Waals surface area (Å²) < 4.78 is 10.1. The van der Waals surface area contributed by atoms with E-state index in [9.17, 15) is 9.59 Å². The second-order valence-electron chi connectivity index (χ2n) is 4.27. The predicted molar refractivity (Wildman–Crippen MR) is 66.5 cm³/mol. The molecule has 1 fully saturated rings. The molecule has 1 amide bonds. The summed E-state index contributed by atoms with van der Waals surface area (Å²) in [5.41, 5.74) is 0.543. The highest BCUT2D eigenvalue weighted by Crippen LogP contribution is 2.12. The van der Waals surface area contributed by atoms with E-state index < -0.39 is 0 Å². The van der Waals surface area contributed by atoms with Gasteiger partial charge in [0, 0.05) is 25.5 Å². The number of methoxy groups -OCH3 is 1. The Balaban J connectivity index is 1.97.